The fourth-order valence-electron chi connectivity index (χ4n) is 6.72. The van der Waals surface area contributed by atoms with Crippen molar-refractivity contribution < 1.29 is 33.5 Å². The Labute approximate surface area is 304 Å². The van der Waals surface area contributed by atoms with Gasteiger partial charge in [-0.25, -0.2) is 4.79 Å². The molecular formula is C40H51NO7S2. The van der Waals surface area contributed by atoms with Crippen LogP contribution in [0.1, 0.15) is 89.0 Å². The second-order valence-electron chi connectivity index (χ2n) is 13.7. The maximum Gasteiger partial charge on any atom is 0.331 e. The lowest BCUT2D eigenvalue weighted by molar-refractivity contribution is -0.170. The van der Waals surface area contributed by atoms with E-state index < -0.39 is 40.0 Å². The van der Waals surface area contributed by atoms with Gasteiger partial charge in [0, 0.05) is 11.2 Å². The number of carbonyl (C=O) groups is 2. The monoisotopic (exact) mass is 721 g/mol. The maximum atomic E-state index is 13.3. The molecule has 3 aliphatic rings. The fraction of sp³-hybridized carbons (Fsp3) is 0.500. The van der Waals surface area contributed by atoms with Crippen LogP contribution in [0.3, 0.4) is 0 Å². The van der Waals surface area contributed by atoms with E-state index in [1.807, 2.05) is 92.7 Å². The van der Waals surface area contributed by atoms with Crippen LogP contribution in [0.4, 0.5) is 0 Å². The van der Waals surface area contributed by atoms with Crippen molar-refractivity contribution >= 4 is 34.8 Å². The average molecular weight is 722 g/mol. The predicted octanol–water partition coefficient (Wildman–Crippen LogP) is 7.45. The number of amides is 1. The number of nitrogens with zero attached hydrogens (tertiary/aromatic N) is 1. The molecule has 2 saturated heterocycles. The third kappa shape index (κ3) is 9.18. The highest BCUT2D eigenvalue weighted by Gasteiger charge is 2.64. The summed E-state index contributed by atoms with van der Waals surface area (Å²) in [6.07, 6.45) is 7.78. The van der Waals surface area contributed by atoms with Crippen LogP contribution in [0.15, 0.2) is 78.9 Å². The zero-order valence-corrected chi connectivity index (χ0v) is 31.3. The van der Waals surface area contributed by atoms with E-state index >= 15 is 0 Å². The molecular weight excluding hydrogens is 671 g/mol. The van der Waals surface area contributed by atoms with E-state index in [4.69, 9.17) is 14.2 Å². The van der Waals surface area contributed by atoms with Crippen LogP contribution >= 0.6 is 11.8 Å². The molecule has 0 radical (unpaired) electrons. The Bertz CT molecular complexity index is 1500. The molecule has 270 valence electrons. The van der Waals surface area contributed by atoms with Gasteiger partial charge in [-0.2, -0.15) is 0 Å². The first-order chi connectivity index (χ1) is 24.1. The van der Waals surface area contributed by atoms with Crippen LogP contribution in [-0.2, 0) is 31.9 Å². The Morgan fingerprint density at radius 3 is 2.24 bits per heavy atom. The van der Waals surface area contributed by atoms with Crippen molar-refractivity contribution in [2.75, 3.05) is 19.2 Å². The molecule has 6 rings (SSSR count). The number of rotatable bonds is 15. The molecule has 3 heterocycles. The van der Waals surface area contributed by atoms with Crippen molar-refractivity contribution in [2.24, 2.45) is 5.92 Å². The predicted molar refractivity (Wildman–Crippen MR) is 200 cm³/mol. The Hall–Kier alpha value is -3.18. The second kappa shape index (κ2) is 17.8. The summed E-state index contributed by atoms with van der Waals surface area (Å²) in [5, 5.41) is 9.49. The number of benzene rings is 3. The molecule has 0 bridgehead atoms. The molecule has 3 aliphatic heterocycles. The number of ether oxygens (including phenoxy) is 3. The summed E-state index contributed by atoms with van der Waals surface area (Å²) in [7, 11) is 0. The summed E-state index contributed by atoms with van der Waals surface area (Å²) in [6, 6.07) is 24.5. The van der Waals surface area contributed by atoms with E-state index in [-0.39, 0.29) is 23.1 Å². The number of unbranched alkanes of at least 4 members (excludes halogenated alkanes) is 5. The number of aliphatic hydroxyl groups excluding tert-OH is 1. The topological polar surface area (TPSA) is 108 Å². The van der Waals surface area contributed by atoms with Crippen molar-refractivity contribution in [1.29, 1.82) is 0 Å². The Morgan fingerprint density at radius 1 is 0.980 bits per heavy atom. The molecule has 10 heteroatoms. The summed E-state index contributed by atoms with van der Waals surface area (Å²) >= 11 is 0.811. The van der Waals surface area contributed by atoms with Crippen molar-refractivity contribution in [3.05, 3.63) is 95.6 Å². The molecule has 0 aliphatic carbocycles. The van der Waals surface area contributed by atoms with Gasteiger partial charge in [0.05, 0.1) is 17.9 Å². The number of fused-ring (bicyclic) bond motifs is 2. The van der Waals surface area contributed by atoms with Crippen molar-refractivity contribution in [2.45, 2.75) is 100 Å². The van der Waals surface area contributed by atoms with Crippen LogP contribution in [0, 0.1) is 5.92 Å². The van der Waals surface area contributed by atoms with Gasteiger partial charge in [0.2, 0.25) is 12.7 Å². The van der Waals surface area contributed by atoms with Gasteiger partial charge in [0.25, 0.3) is 0 Å². The summed E-state index contributed by atoms with van der Waals surface area (Å²) in [5.41, 5.74) is 2.93. The van der Waals surface area contributed by atoms with Crippen LogP contribution in [0.2, 0.25) is 0 Å². The third-order valence-corrected chi connectivity index (χ3v) is 12.9. The zero-order chi connectivity index (χ0) is 35.7. The van der Waals surface area contributed by atoms with Crippen LogP contribution in [-0.4, -0.2) is 67.0 Å². The lowest BCUT2D eigenvalue weighted by atomic mass is 9.92. The SMILES string of the molecule is CC1(C)S[C@@H]2[C@H](CO)C(=O)N2[C@H]1C(=O)OC(c1ccccc1)c1ccccc1.CCCCCCCC[S+]([O-])C(C)Cc1ccc2c(c1)OCO2. The summed E-state index contributed by atoms with van der Waals surface area (Å²) in [4.78, 5) is 27.3. The molecule has 3 aromatic rings. The molecule has 8 nitrogen and oxygen atoms in total. The molecule has 0 saturated carbocycles. The number of hydrogen-bond donors (Lipinski definition) is 1. The van der Waals surface area contributed by atoms with Gasteiger partial charge in [0.1, 0.15) is 17.0 Å². The van der Waals surface area contributed by atoms with E-state index in [0.29, 0.717) is 6.79 Å². The van der Waals surface area contributed by atoms with Gasteiger partial charge in [-0.3, -0.25) is 4.79 Å². The van der Waals surface area contributed by atoms with Gasteiger partial charge in [0.15, 0.2) is 17.6 Å². The van der Waals surface area contributed by atoms with E-state index in [1.54, 1.807) is 16.7 Å². The first kappa shape index (κ1) is 38.1. The number of thioether (sulfide) groups is 1. The summed E-state index contributed by atoms with van der Waals surface area (Å²) in [5.74, 6) is 1.43. The van der Waals surface area contributed by atoms with E-state index in [0.717, 1.165) is 41.2 Å². The highest BCUT2D eigenvalue weighted by atomic mass is 32.2. The molecule has 50 heavy (non-hydrogen) atoms. The highest BCUT2D eigenvalue weighted by molar-refractivity contribution is 8.01. The van der Waals surface area contributed by atoms with Gasteiger partial charge in [-0.05, 0) is 62.4 Å². The minimum atomic E-state index is -0.743. The molecule has 1 amide bonds. The largest absolute Gasteiger partial charge is 0.616 e. The Morgan fingerprint density at radius 2 is 1.60 bits per heavy atom. The molecule has 5 atom stereocenters. The number of esters is 1. The maximum absolute atomic E-state index is 13.3. The molecule has 0 aromatic heterocycles. The Kier molecular flexibility index (Phi) is 13.6. The normalized spacial score (nSPS) is 21.1. The van der Waals surface area contributed by atoms with Crippen LogP contribution in [0.5, 0.6) is 11.5 Å². The second-order valence-corrected chi connectivity index (χ2v) is 17.5. The average Bonchev–Trinajstić information content (AvgIpc) is 3.69. The first-order valence-corrected chi connectivity index (χ1v) is 20.1. The van der Waals surface area contributed by atoms with Crippen molar-refractivity contribution in [3.63, 3.8) is 0 Å². The smallest absolute Gasteiger partial charge is 0.331 e. The standard InChI is InChI=1S/C22H23NO4S.C18H28O3S/c1-22(2)18(23-19(25)16(13-24)20(23)28-22)21(26)27-17(14-9-5-3-6-10-14)15-11-7-4-8-12-15;1-3-4-5-6-7-8-11-22(19)15(2)12-16-9-10-17-18(13-16)21-14-20-17/h3-12,16-18,20,24H,13H2,1-2H3;9-10,13,15H,3-8,11-12,14H2,1-2H3/t16-,18+,20-;/m1./s1. The quantitative estimate of drug-likeness (QED) is 0.0747. The van der Waals surface area contributed by atoms with E-state index in [1.165, 1.54) is 37.7 Å². The third-order valence-electron chi connectivity index (χ3n) is 9.52. The number of hydrogen-bond acceptors (Lipinski definition) is 8. The van der Waals surface area contributed by atoms with Gasteiger partial charge >= 0.3 is 5.97 Å². The lowest BCUT2D eigenvalue weighted by Gasteiger charge is -2.43. The molecule has 2 fully saturated rings. The molecule has 2 unspecified atom stereocenters. The number of aliphatic hydroxyl groups is 1. The van der Waals surface area contributed by atoms with Crippen LogP contribution in [0.25, 0.3) is 0 Å². The number of carbonyl (C=O) groups excluding carboxylic acids is 2. The van der Waals surface area contributed by atoms with Gasteiger partial charge in [-0.15, -0.1) is 11.8 Å². The lowest BCUT2D eigenvalue weighted by Crippen LogP contribution is -2.63. The number of β-lactam (4-membered cyclic amide) rings is 1. The van der Waals surface area contributed by atoms with Gasteiger partial charge < -0.3 is 28.8 Å². The van der Waals surface area contributed by atoms with Crippen molar-refractivity contribution in [1.82, 2.24) is 4.90 Å². The minimum absolute atomic E-state index is 0.169. The summed E-state index contributed by atoms with van der Waals surface area (Å²) in [6.45, 7) is 8.32. The van der Waals surface area contributed by atoms with E-state index in [9.17, 15) is 19.2 Å². The molecule has 1 N–H and O–H groups in total. The van der Waals surface area contributed by atoms with Crippen LogP contribution < -0.4 is 9.47 Å². The molecule has 0 spiro atoms. The zero-order valence-electron chi connectivity index (χ0n) is 29.6. The highest BCUT2D eigenvalue weighted by Crippen LogP contribution is 2.53. The summed E-state index contributed by atoms with van der Waals surface area (Å²) < 4.78 is 28.6. The first-order valence-electron chi connectivity index (χ1n) is 17.8. The minimum Gasteiger partial charge on any atom is -0.616 e. The molecule has 3 aromatic carbocycles. The van der Waals surface area contributed by atoms with Gasteiger partial charge in [-0.1, -0.05) is 111 Å². The Balaban J connectivity index is 0.000000201. The van der Waals surface area contributed by atoms with E-state index in [2.05, 4.69) is 13.8 Å². The van der Waals surface area contributed by atoms with Crippen molar-refractivity contribution in [3.8, 4) is 11.5 Å². The fourth-order valence-corrected chi connectivity index (χ4v) is 9.66.